The summed E-state index contributed by atoms with van der Waals surface area (Å²) in [6.45, 7) is 43.8. The zero-order chi connectivity index (χ0) is 69.1. The molecule has 4 N–H and O–H groups in total. The van der Waals surface area contributed by atoms with Crippen LogP contribution in [0.25, 0.3) is 90.9 Å². The van der Waals surface area contributed by atoms with Crippen LogP contribution in [-0.2, 0) is 74.4 Å². The number of carbonyl (C=O) groups is 4. The van der Waals surface area contributed by atoms with E-state index in [9.17, 15) is 19.2 Å². The number of anilines is 4. The Labute approximate surface area is 610 Å². The van der Waals surface area contributed by atoms with Crippen molar-refractivity contribution >= 4 is 103 Å². The molecular formula is C84H99Co2N8O4P. The molecule has 7 aromatic rings. The van der Waals surface area contributed by atoms with Crippen molar-refractivity contribution in [3.05, 3.63) is 142 Å². The minimum Gasteiger partial charge on any atom is -0.657 e. The van der Waals surface area contributed by atoms with Gasteiger partial charge in [-0.2, -0.15) is 9.90 Å². The molecule has 5 atom stereocenters. The van der Waals surface area contributed by atoms with Crippen LogP contribution in [0.4, 0.5) is 22.7 Å². The summed E-state index contributed by atoms with van der Waals surface area (Å²) in [5, 5.41) is 13.6. The van der Waals surface area contributed by atoms with E-state index in [4.69, 9.17) is 19.9 Å². The second-order valence-electron chi connectivity index (χ2n) is 35.4. The molecule has 99 heavy (non-hydrogen) atoms. The van der Waals surface area contributed by atoms with Gasteiger partial charge in [-0.05, 0) is 173 Å². The molecule has 15 heteroatoms. The Kier molecular flexibility index (Phi) is 19.3. The van der Waals surface area contributed by atoms with E-state index in [1.807, 2.05) is 60.7 Å². The van der Waals surface area contributed by atoms with Crippen molar-refractivity contribution in [1.29, 1.82) is 0 Å². The van der Waals surface area contributed by atoms with Gasteiger partial charge in [0.25, 0.3) is 0 Å². The van der Waals surface area contributed by atoms with Gasteiger partial charge in [-0.1, -0.05) is 211 Å². The van der Waals surface area contributed by atoms with Crippen molar-refractivity contribution in [3.8, 4) is 44.5 Å². The molecule has 0 spiro atoms. The summed E-state index contributed by atoms with van der Waals surface area (Å²) in [4.78, 5) is 81.6. The minimum atomic E-state index is -0.257. The fourth-order valence-corrected chi connectivity index (χ4v) is 14.1. The van der Waals surface area contributed by atoms with Crippen molar-refractivity contribution in [2.24, 2.45) is 45.3 Å². The first kappa shape index (κ1) is 74.5. The molecule has 4 amide bonds. The average molecular weight is 1430 g/mol. The number of hydrogen-bond donors (Lipinski definition) is 4. The third-order valence-corrected chi connectivity index (χ3v) is 21.5. The van der Waals surface area contributed by atoms with Gasteiger partial charge in [-0.15, -0.1) is 22.1 Å². The van der Waals surface area contributed by atoms with Gasteiger partial charge in [-0.25, -0.2) is 9.97 Å². The van der Waals surface area contributed by atoms with E-state index in [1.54, 1.807) is 0 Å². The number of rotatable bonds is 12. The van der Waals surface area contributed by atoms with E-state index in [1.165, 1.54) is 0 Å². The molecule has 1 unspecified atom stereocenters. The Morgan fingerprint density at radius 2 is 0.576 bits per heavy atom. The molecule has 4 fully saturated rings. The van der Waals surface area contributed by atoms with E-state index in [-0.39, 0.29) is 134 Å². The summed E-state index contributed by atoms with van der Waals surface area (Å²) in [5.74, 6) is -1.16. The molecule has 13 rings (SSSR count). The van der Waals surface area contributed by atoms with Crippen molar-refractivity contribution in [3.63, 3.8) is 0 Å². The van der Waals surface area contributed by atoms with E-state index in [2.05, 4.69) is 220 Å². The Morgan fingerprint density at radius 3 is 0.788 bits per heavy atom. The van der Waals surface area contributed by atoms with Crippen molar-refractivity contribution in [2.45, 2.75) is 186 Å². The smallest absolute Gasteiger partial charge is 0.657 e. The largest absolute Gasteiger partial charge is 2.00 e. The van der Waals surface area contributed by atoms with Crippen LogP contribution in [0.5, 0.6) is 0 Å². The van der Waals surface area contributed by atoms with Crippen LogP contribution < -0.4 is 31.2 Å². The topological polar surface area (TPSA) is 170 Å². The van der Waals surface area contributed by atoms with E-state index in [0.29, 0.717) is 89.8 Å². The van der Waals surface area contributed by atoms with Crippen LogP contribution in [0.1, 0.15) is 209 Å². The molecule has 6 aliphatic rings. The van der Waals surface area contributed by atoms with Gasteiger partial charge in [0.2, 0.25) is 23.6 Å². The van der Waals surface area contributed by atoms with Crippen LogP contribution in [0.15, 0.2) is 97.1 Å². The van der Waals surface area contributed by atoms with Crippen LogP contribution >= 0.6 is 9.90 Å². The Balaban J connectivity index is 0.00000353. The maximum Gasteiger partial charge on any atom is 2.00 e. The molecule has 2 radical (unpaired) electrons. The molecule has 4 aliphatic carbocycles. The van der Waals surface area contributed by atoms with Crippen LogP contribution in [0.3, 0.4) is 0 Å². The fraction of sp³-hybridized carbons (Fsp3) is 0.429. The summed E-state index contributed by atoms with van der Waals surface area (Å²) < 4.78 is 0. The number of fused-ring (bicyclic) bond motifs is 8. The van der Waals surface area contributed by atoms with Gasteiger partial charge in [0.15, 0.2) is 0 Å². The molecule has 4 aromatic carbocycles. The zero-order valence-electron chi connectivity index (χ0n) is 61.5. The SMILES string of the molecule is CC(C)(C)c1cc(-c2c3nc(c(-c4c(NC(=O)[C@H]5CC5(C)C)cccc4NC(=O)[C@H]4CC4(C)C)c4ccc([n-]4)c(-c4cc(C(C)(C)C)cc(C(C)(C)C)c4)c4nc(c(-c5c(NC(=O)[C@H]6CC6(C)C)cccc5NC(=O)[C@H]5CC5(C)C)c5ccc2[n-]5)C=C4)C=C3)cc(C(C)(C)C)c1.P.[Co+2].[Co]. The second kappa shape index (κ2) is 25.7. The summed E-state index contributed by atoms with van der Waals surface area (Å²) in [7, 11) is 0. The molecule has 3 aromatic heterocycles. The first-order chi connectivity index (χ1) is 44.7. The number of aromatic nitrogens is 4. The number of benzene rings is 4. The monoisotopic (exact) mass is 1430 g/mol. The summed E-state index contributed by atoms with van der Waals surface area (Å²) in [6, 6.07) is 33.3. The van der Waals surface area contributed by atoms with Gasteiger partial charge >= 0.3 is 16.8 Å². The van der Waals surface area contributed by atoms with E-state index >= 15 is 0 Å². The zero-order valence-corrected chi connectivity index (χ0v) is 65.0. The van der Waals surface area contributed by atoms with Gasteiger partial charge in [0.05, 0.1) is 45.5 Å². The number of carbonyl (C=O) groups excluding carboxylic acids is 4. The Morgan fingerprint density at radius 1 is 0.364 bits per heavy atom. The molecule has 8 bridgehead atoms. The molecular weight excluding hydrogens is 1330 g/mol. The normalized spacial score (nSPS) is 19.5. The van der Waals surface area contributed by atoms with Gasteiger partial charge in [-0.3, -0.25) is 19.2 Å². The fourth-order valence-electron chi connectivity index (χ4n) is 14.1. The van der Waals surface area contributed by atoms with Crippen LogP contribution in [-0.4, -0.2) is 33.6 Å². The van der Waals surface area contributed by atoms with Gasteiger partial charge in [0, 0.05) is 51.6 Å². The molecule has 2 aliphatic heterocycles. The molecule has 12 nitrogen and oxygen atoms in total. The molecule has 4 saturated carbocycles. The van der Waals surface area contributed by atoms with Crippen molar-refractivity contribution in [2.75, 3.05) is 21.3 Å². The summed E-state index contributed by atoms with van der Waals surface area (Å²) >= 11 is 0. The average Bonchev–Trinajstić information content (AvgIpc) is 1.66. The Bertz CT molecular complexity index is 4260. The summed E-state index contributed by atoms with van der Waals surface area (Å²) in [6.07, 6.45) is 11.2. The third kappa shape index (κ3) is 14.7. The van der Waals surface area contributed by atoms with E-state index < -0.39 is 0 Å². The standard InChI is InChI=1S/C84H98N8O4.2Co.H3P/c1-77(2,3)47-35-45(36-48(39-47)78(4,5)6)67-59-27-31-63(85-59)71(69-55(89-73(93)51-41-81(51,13)14)23-21-24-56(69)90-74(94)52-42-82(52,15)16)65-33-29-61(87-65)68(46-37-49(79(7,8)9)40-50(38-46)80(10,11)12)62-30-34-66(88-62)72(64-32-28-60(67)86-64)70-57(91-75(95)53-43-83(53,17)18)25-22-26-58(70)92-76(96)54-44-84(54,19)20;;;/h21-40,51-54H,41-44H2,1-20H3,(H6,85,86,87,88,89,90,91,92,93,94,95,96);;;1H3/q;;+2;/p-2/t51-,52-,53-,54-;;;/m1.../s1. The van der Waals surface area contributed by atoms with Crippen molar-refractivity contribution in [1.82, 2.24) is 19.9 Å². The first-order valence-electron chi connectivity index (χ1n) is 34.6. The van der Waals surface area contributed by atoms with Gasteiger partial charge < -0.3 is 31.2 Å². The maximum absolute atomic E-state index is 14.6. The molecule has 0 saturated heterocycles. The predicted molar refractivity (Wildman–Crippen MR) is 407 cm³/mol. The van der Waals surface area contributed by atoms with E-state index in [0.717, 1.165) is 70.2 Å². The molecule has 522 valence electrons. The maximum atomic E-state index is 14.6. The molecule has 5 heterocycles. The van der Waals surface area contributed by atoms with Crippen LogP contribution in [0, 0.1) is 45.3 Å². The number of nitrogens with one attached hydrogen (secondary N) is 4. The predicted octanol–water partition coefficient (Wildman–Crippen LogP) is 19.8. The first-order valence-corrected chi connectivity index (χ1v) is 34.6. The minimum absolute atomic E-state index is 0. The summed E-state index contributed by atoms with van der Waals surface area (Å²) in [5.41, 5.74) is 15.6. The second-order valence-corrected chi connectivity index (χ2v) is 35.4. The van der Waals surface area contributed by atoms with Gasteiger partial charge in [0.1, 0.15) is 0 Å². The quantitative estimate of drug-likeness (QED) is 0.0876. The Hall–Kier alpha value is -7.20. The third-order valence-electron chi connectivity index (χ3n) is 21.5. The number of amides is 4. The number of hydrogen-bond acceptors (Lipinski definition) is 6. The van der Waals surface area contributed by atoms with Crippen molar-refractivity contribution < 1.29 is 52.7 Å². The number of nitrogens with zero attached hydrogens (tertiary/aromatic N) is 4. The van der Waals surface area contributed by atoms with Crippen LogP contribution in [0.2, 0.25) is 0 Å².